The van der Waals surface area contributed by atoms with Crippen LogP contribution in [0.4, 0.5) is 0 Å². The van der Waals surface area contributed by atoms with E-state index in [1.165, 1.54) is 21.8 Å². The summed E-state index contributed by atoms with van der Waals surface area (Å²) in [5.74, 6) is 0.167. The third kappa shape index (κ3) is 2.80. The predicted octanol–water partition coefficient (Wildman–Crippen LogP) is 0.780. The Kier molecular flexibility index (Phi) is 3.60. The molecule has 3 rings (SSSR count). The number of benzene rings is 1. The lowest BCUT2D eigenvalue weighted by molar-refractivity contribution is 0.484. The van der Waals surface area contributed by atoms with Crippen molar-refractivity contribution in [3.05, 3.63) is 42.0 Å². The first-order chi connectivity index (χ1) is 10.9. The number of tetrazole rings is 1. The lowest BCUT2D eigenvalue weighted by atomic mass is 10.3. The fraction of sp³-hybridized carbons (Fsp3) is 0.231. The van der Waals surface area contributed by atoms with Crippen molar-refractivity contribution in [3.8, 4) is 11.4 Å². The van der Waals surface area contributed by atoms with E-state index in [1.807, 2.05) is 0 Å². The number of aryl methyl sites for hydroxylation is 2. The first-order valence-corrected chi connectivity index (χ1v) is 8.07. The molecule has 0 spiro atoms. The van der Waals surface area contributed by atoms with Crippen molar-refractivity contribution in [1.82, 2.24) is 30.0 Å². The summed E-state index contributed by atoms with van der Waals surface area (Å²) in [4.78, 5) is 0.0767. The van der Waals surface area contributed by atoms with Gasteiger partial charge in [-0.2, -0.15) is 13.5 Å². The minimum absolute atomic E-state index is 0.0767. The molecule has 0 fully saturated rings. The van der Waals surface area contributed by atoms with Gasteiger partial charge in [-0.25, -0.2) is 4.68 Å². The van der Waals surface area contributed by atoms with Gasteiger partial charge in [0.2, 0.25) is 0 Å². The second-order valence-electron chi connectivity index (χ2n) is 4.91. The topological polar surface area (TPSA) is 105 Å². The highest BCUT2D eigenvalue weighted by Crippen LogP contribution is 2.24. The van der Waals surface area contributed by atoms with Crippen LogP contribution in [0, 0.1) is 13.8 Å². The molecule has 0 N–H and O–H groups in total. The molecule has 2 aromatic heterocycles. The zero-order chi connectivity index (χ0) is 16.6. The van der Waals surface area contributed by atoms with Gasteiger partial charge in [0.25, 0.3) is 0 Å². The maximum Gasteiger partial charge on any atom is 0.342 e. The summed E-state index contributed by atoms with van der Waals surface area (Å²) >= 11 is 0. The number of aromatic nitrogens is 6. The summed E-state index contributed by atoms with van der Waals surface area (Å²) in [6, 6.07) is 6.47. The second kappa shape index (κ2) is 5.47. The van der Waals surface area contributed by atoms with Crippen LogP contribution in [0.3, 0.4) is 0 Å². The number of hydrogen-bond donors (Lipinski definition) is 0. The third-order valence-electron chi connectivity index (χ3n) is 3.33. The van der Waals surface area contributed by atoms with Crippen LogP contribution >= 0.6 is 0 Å². The van der Waals surface area contributed by atoms with E-state index in [0.29, 0.717) is 17.1 Å². The highest BCUT2D eigenvalue weighted by Gasteiger charge is 2.26. The fourth-order valence-electron chi connectivity index (χ4n) is 2.24. The monoisotopic (exact) mass is 334 g/mol. The summed E-state index contributed by atoms with van der Waals surface area (Å²) in [6.45, 7) is 3.30. The van der Waals surface area contributed by atoms with E-state index in [9.17, 15) is 8.42 Å². The van der Waals surface area contributed by atoms with Gasteiger partial charge in [-0.3, -0.25) is 4.68 Å². The maximum atomic E-state index is 12.5. The van der Waals surface area contributed by atoms with Crippen LogP contribution in [-0.2, 0) is 17.2 Å². The first-order valence-electron chi connectivity index (χ1n) is 6.66. The van der Waals surface area contributed by atoms with Crippen molar-refractivity contribution in [3.63, 3.8) is 0 Å². The van der Waals surface area contributed by atoms with Gasteiger partial charge in [0.1, 0.15) is 17.0 Å². The van der Waals surface area contributed by atoms with E-state index in [0.717, 1.165) is 0 Å². The molecule has 0 atom stereocenters. The van der Waals surface area contributed by atoms with E-state index in [2.05, 4.69) is 20.6 Å². The molecule has 2 heterocycles. The fourth-order valence-corrected chi connectivity index (χ4v) is 3.58. The molecular weight excluding hydrogens is 320 g/mol. The summed E-state index contributed by atoms with van der Waals surface area (Å²) in [7, 11) is -2.30. The van der Waals surface area contributed by atoms with E-state index < -0.39 is 10.1 Å². The highest BCUT2D eigenvalue weighted by atomic mass is 32.2. The van der Waals surface area contributed by atoms with Crippen molar-refractivity contribution in [1.29, 1.82) is 0 Å². The van der Waals surface area contributed by atoms with Crippen LogP contribution in [0.15, 0.2) is 35.5 Å². The molecule has 0 aliphatic rings. The average molecular weight is 334 g/mol. The smallest absolute Gasteiger partial charge is 0.342 e. The van der Waals surface area contributed by atoms with Crippen molar-refractivity contribution < 1.29 is 12.6 Å². The van der Waals surface area contributed by atoms with Gasteiger partial charge in [0.05, 0.1) is 17.1 Å². The molecule has 10 heteroatoms. The van der Waals surface area contributed by atoms with Gasteiger partial charge < -0.3 is 4.18 Å². The number of hydrogen-bond acceptors (Lipinski definition) is 7. The highest BCUT2D eigenvalue weighted by molar-refractivity contribution is 7.87. The largest absolute Gasteiger partial charge is 0.379 e. The number of nitrogens with zero attached hydrogens (tertiary/aromatic N) is 6. The Morgan fingerprint density at radius 2 is 2.00 bits per heavy atom. The Labute approximate surface area is 132 Å². The second-order valence-corrected chi connectivity index (χ2v) is 6.40. The number of rotatable bonds is 4. The van der Waals surface area contributed by atoms with Gasteiger partial charge in [-0.1, -0.05) is 6.07 Å². The van der Waals surface area contributed by atoms with Crippen LogP contribution in [0.1, 0.15) is 11.4 Å². The van der Waals surface area contributed by atoms with Crippen LogP contribution in [-0.4, -0.2) is 38.4 Å². The molecule has 3 aromatic rings. The van der Waals surface area contributed by atoms with Crippen LogP contribution in [0.5, 0.6) is 5.75 Å². The molecule has 0 bridgehead atoms. The Hall–Kier alpha value is -2.75. The molecule has 0 aliphatic heterocycles. The van der Waals surface area contributed by atoms with E-state index in [4.69, 9.17) is 4.18 Å². The third-order valence-corrected chi connectivity index (χ3v) is 4.83. The summed E-state index contributed by atoms with van der Waals surface area (Å²) < 4.78 is 33.2. The van der Waals surface area contributed by atoms with Crippen molar-refractivity contribution in [2.45, 2.75) is 18.7 Å². The zero-order valence-electron chi connectivity index (χ0n) is 12.7. The minimum atomic E-state index is -3.98. The molecule has 0 amide bonds. The summed E-state index contributed by atoms with van der Waals surface area (Å²) in [5.41, 5.74) is 1.49. The molecule has 0 saturated carbocycles. The quantitative estimate of drug-likeness (QED) is 0.649. The summed E-state index contributed by atoms with van der Waals surface area (Å²) in [5, 5.41) is 14.9. The van der Waals surface area contributed by atoms with Gasteiger partial charge in [-0.15, -0.1) is 5.10 Å². The van der Waals surface area contributed by atoms with Gasteiger partial charge in [-0.05, 0) is 36.4 Å². The Morgan fingerprint density at radius 1 is 1.22 bits per heavy atom. The van der Waals surface area contributed by atoms with E-state index >= 15 is 0 Å². The lowest BCUT2D eigenvalue weighted by Crippen LogP contribution is -2.12. The molecule has 23 heavy (non-hydrogen) atoms. The van der Waals surface area contributed by atoms with Crippen LogP contribution in [0.25, 0.3) is 5.69 Å². The molecule has 0 aliphatic carbocycles. The normalized spacial score (nSPS) is 11.6. The molecule has 0 saturated heterocycles. The molecule has 1 aromatic carbocycles. The zero-order valence-corrected chi connectivity index (χ0v) is 13.5. The molecular formula is C13H14N6O3S. The molecule has 0 radical (unpaired) electrons. The van der Waals surface area contributed by atoms with Crippen molar-refractivity contribution in [2.75, 3.05) is 0 Å². The SMILES string of the molecule is Cc1nn(C)c(C)c1S(=O)(=O)Oc1cccc(-n2cnnn2)c1. The van der Waals surface area contributed by atoms with Gasteiger partial charge in [0, 0.05) is 13.1 Å². The van der Waals surface area contributed by atoms with Gasteiger partial charge in [0.15, 0.2) is 0 Å². The molecule has 9 nitrogen and oxygen atoms in total. The maximum absolute atomic E-state index is 12.5. The Morgan fingerprint density at radius 3 is 2.61 bits per heavy atom. The molecule has 0 unspecified atom stereocenters. The summed E-state index contributed by atoms with van der Waals surface area (Å²) in [6.07, 6.45) is 1.41. The standard InChI is InChI=1S/C13H14N6O3S/c1-9-13(10(2)18(3)15-9)23(20,21)22-12-6-4-5-11(7-12)19-8-14-16-17-19/h4-8H,1-3H3. The van der Waals surface area contributed by atoms with Crippen LogP contribution < -0.4 is 4.18 Å². The van der Waals surface area contributed by atoms with Gasteiger partial charge >= 0.3 is 10.1 Å². The van der Waals surface area contributed by atoms with Crippen molar-refractivity contribution in [2.24, 2.45) is 7.05 Å². The van der Waals surface area contributed by atoms with E-state index in [1.54, 1.807) is 39.1 Å². The Balaban J connectivity index is 1.97. The minimum Gasteiger partial charge on any atom is -0.379 e. The van der Waals surface area contributed by atoms with E-state index in [-0.39, 0.29) is 10.6 Å². The lowest BCUT2D eigenvalue weighted by Gasteiger charge is -2.08. The van der Waals surface area contributed by atoms with Crippen LogP contribution in [0.2, 0.25) is 0 Å². The average Bonchev–Trinajstić information content (AvgIpc) is 3.08. The Bertz CT molecular complexity index is 946. The van der Waals surface area contributed by atoms with Crippen molar-refractivity contribution >= 4 is 10.1 Å². The molecule has 120 valence electrons. The first kappa shape index (κ1) is 15.2. The predicted molar refractivity (Wildman–Crippen MR) is 79.6 cm³/mol.